The summed E-state index contributed by atoms with van der Waals surface area (Å²) in [6, 6.07) is 10.2. The summed E-state index contributed by atoms with van der Waals surface area (Å²) in [5.41, 5.74) is 2.03. The zero-order chi connectivity index (χ0) is 25.7. The maximum atomic E-state index is 13.2. The van der Waals surface area contributed by atoms with Crippen LogP contribution in [0.4, 0.5) is 17.1 Å². The Hall–Kier alpha value is -4.34. The van der Waals surface area contributed by atoms with E-state index in [1.54, 1.807) is 19.1 Å². The Morgan fingerprint density at radius 3 is 2.61 bits per heavy atom. The van der Waals surface area contributed by atoms with Gasteiger partial charge in [0.15, 0.2) is 6.61 Å². The van der Waals surface area contributed by atoms with Gasteiger partial charge in [0.25, 0.3) is 11.6 Å². The van der Waals surface area contributed by atoms with Gasteiger partial charge < -0.3 is 10.1 Å². The number of nitro groups is 1. The lowest BCUT2D eigenvalue weighted by molar-refractivity contribution is -0.385. The van der Waals surface area contributed by atoms with Crippen LogP contribution in [0.1, 0.15) is 29.3 Å². The maximum Gasteiger partial charge on any atom is 0.338 e. The standard InChI is InChI=1S/C26H23N3O7/c1-13-6-7-17(11-20(13)29(34)35)27-21(30)12-36-26(33)15-4-3-5-18(9-15)28-24(31)22-16-8-14(2)19(10-16)23(22)25(28)32/h3-9,11,16,19,22-23H,10,12H2,1-2H3,(H,27,30)/t16-,19+,22-,23+/m0/s1. The molecule has 2 fully saturated rings. The highest BCUT2D eigenvalue weighted by Crippen LogP contribution is 2.55. The number of esters is 1. The SMILES string of the molecule is CC1=C[C@H]2C[C@H]1[C@H]1C(=O)N(c3cccc(C(=O)OCC(=O)Nc4ccc(C)c([N+](=O)[O-])c4)c3)C(=O)[C@H]12. The van der Waals surface area contributed by atoms with E-state index in [9.17, 15) is 29.3 Å². The fourth-order valence-corrected chi connectivity index (χ4v) is 5.60. The molecule has 1 aliphatic heterocycles. The minimum atomic E-state index is -0.807. The number of nitro benzene ring substituents is 1. The van der Waals surface area contributed by atoms with Crippen molar-refractivity contribution in [1.82, 2.24) is 0 Å². The Morgan fingerprint density at radius 1 is 1.11 bits per heavy atom. The summed E-state index contributed by atoms with van der Waals surface area (Å²) < 4.78 is 5.09. The van der Waals surface area contributed by atoms with Crippen molar-refractivity contribution in [3.05, 3.63) is 75.4 Å². The number of allylic oxidation sites excluding steroid dienone is 2. The number of nitrogens with one attached hydrogen (secondary N) is 1. The average Bonchev–Trinajstić information content (AvgIpc) is 3.48. The first-order chi connectivity index (χ1) is 17.2. The van der Waals surface area contributed by atoms with Crippen molar-refractivity contribution in [2.75, 3.05) is 16.8 Å². The van der Waals surface area contributed by atoms with Crippen LogP contribution < -0.4 is 10.2 Å². The van der Waals surface area contributed by atoms with Gasteiger partial charge in [-0.2, -0.15) is 0 Å². The molecule has 2 aromatic carbocycles. The summed E-state index contributed by atoms with van der Waals surface area (Å²) >= 11 is 0. The number of aryl methyl sites for hydroxylation is 1. The summed E-state index contributed by atoms with van der Waals surface area (Å²) in [5, 5.41) is 13.5. The molecule has 10 heteroatoms. The summed E-state index contributed by atoms with van der Waals surface area (Å²) in [5.74, 6) is -2.54. The van der Waals surface area contributed by atoms with Crippen LogP contribution in [0.15, 0.2) is 54.1 Å². The van der Waals surface area contributed by atoms with Crippen LogP contribution in [0, 0.1) is 40.7 Å². The molecule has 0 radical (unpaired) electrons. The van der Waals surface area contributed by atoms with Crippen molar-refractivity contribution >= 4 is 40.8 Å². The van der Waals surface area contributed by atoms with Crippen molar-refractivity contribution in [1.29, 1.82) is 0 Å². The van der Waals surface area contributed by atoms with Gasteiger partial charge in [0, 0.05) is 17.3 Å². The van der Waals surface area contributed by atoms with Crippen molar-refractivity contribution in [2.24, 2.45) is 23.7 Å². The number of ether oxygens (including phenoxy) is 1. The smallest absolute Gasteiger partial charge is 0.338 e. The molecule has 2 aliphatic carbocycles. The maximum absolute atomic E-state index is 13.2. The number of fused-ring (bicyclic) bond motifs is 5. The second-order valence-corrected chi connectivity index (χ2v) is 9.41. The van der Waals surface area contributed by atoms with Gasteiger partial charge in [-0.15, -0.1) is 0 Å². The highest BCUT2D eigenvalue weighted by atomic mass is 16.6. The largest absolute Gasteiger partial charge is 0.452 e. The zero-order valence-electron chi connectivity index (χ0n) is 19.6. The Balaban J connectivity index is 1.24. The van der Waals surface area contributed by atoms with Crippen LogP contribution in [0.2, 0.25) is 0 Å². The summed E-state index contributed by atoms with van der Waals surface area (Å²) in [4.78, 5) is 62.8. The van der Waals surface area contributed by atoms with Gasteiger partial charge in [0.1, 0.15) is 0 Å². The van der Waals surface area contributed by atoms with Gasteiger partial charge in [0.05, 0.1) is 28.0 Å². The van der Waals surface area contributed by atoms with Gasteiger partial charge in [0.2, 0.25) is 11.8 Å². The fourth-order valence-electron chi connectivity index (χ4n) is 5.60. The van der Waals surface area contributed by atoms with Crippen molar-refractivity contribution in [2.45, 2.75) is 20.3 Å². The van der Waals surface area contributed by atoms with E-state index < -0.39 is 23.4 Å². The number of rotatable bonds is 6. The number of benzene rings is 2. The molecule has 0 aromatic heterocycles. The van der Waals surface area contributed by atoms with Gasteiger partial charge in [-0.3, -0.25) is 24.5 Å². The Bertz CT molecular complexity index is 1370. The predicted octanol–water partition coefficient (Wildman–Crippen LogP) is 3.40. The monoisotopic (exact) mass is 489 g/mol. The van der Waals surface area contributed by atoms with Gasteiger partial charge in [-0.05, 0) is 56.4 Å². The lowest BCUT2D eigenvalue weighted by Gasteiger charge is -2.19. The van der Waals surface area contributed by atoms with E-state index in [1.165, 1.54) is 30.3 Å². The van der Waals surface area contributed by atoms with E-state index in [0.717, 1.165) is 16.9 Å². The third kappa shape index (κ3) is 3.84. The number of hydrogen-bond acceptors (Lipinski definition) is 7. The highest BCUT2D eigenvalue weighted by molar-refractivity contribution is 6.23. The van der Waals surface area contributed by atoms with E-state index in [0.29, 0.717) is 11.3 Å². The molecule has 4 atom stereocenters. The predicted molar refractivity (Wildman–Crippen MR) is 128 cm³/mol. The van der Waals surface area contributed by atoms with Crippen molar-refractivity contribution in [3.8, 4) is 0 Å². The first-order valence-corrected chi connectivity index (χ1v) is 11.5. The fraction of sp³-hybridized carbons (Fsp3) is 0.308. The zero-order valence-corrected chi connectivity index (χ0v) is 19.6. The molecule has 0 unspecified atom stereocenters. The molecule has 184 valence electrons. The third-order valence-electron chi connectivity index (χ3n) is 7.24. The molecular weight excluding hydrogens is 466 g/mol. The van der Waals surface area contributed by atoms with Crippen LogP contribution in [0.5, 0.6) is 0 Å². The molecule has 1 saturated heterocycles. The summed E-state index contributed by atoms with van der Waals surface area (Å²) in [6.45, 7) is 2.95. The minimum absolute atomic E-state index is 0.0723. The number of imide groups is 1. The molecule has 3 aliphatic rings. The molecule has 2 bridgehead atoms. The lowest BCUT2D eigenvalue weighted by atomic mass is 9.82. The van der Waals surface area contributed by atoms with Gasteiger partial charge >= 0.3 is 5.97 Å². The number of amides is 3. The van der Waals surface area contributed by atoms with Gasteiger partial charge in [-0.1, -0.05) is 23.8 Å². The van der Waals surface area contributed by atoms with Crippen molar-refractivity contribution < 1.29 is 28.8 Å². The third-order valence-corrected chi connectivity index (χ3v) is 7.24. The quantitative estimate of drug-likeness (QED) is 0.216. The van der Waals surface area contributed by atoms with Crippen molar-refractivity contribution in [3.63, 3.8) is 0 Å². The Kier molecular flexibility index (Phi) is 5.66. The highest BCUT2D eigenvalue weighted by Gasteiger charge is 2.60. The second kappa shape index (κ2) is 8.71. The van der Waals surface area contributed by atoms with E-state index >= 15 is 0 Å². The first kappa shape index (κ1) is 23.4. The molecule has 1 saturated carbocycles. The summed E-state index contributed by atoms with van der Waals surface area (Å²) in [7, 11) is 0. The minimum Gasteiger partial charge on any atom is -0.452 e. The number of carbonyl (C=O) groups is 4. The van der Waals surface area contributed by atoms with Crippen LogP contribution in [-0.2, 0) is 19.1 Å². The molecule has 36 heavy (non-hydrogen) atoms. The molecule has 5 rings (SSSR count). The van der Waals surface area contributed by atoms with Gasteiger partial charge in [-0.25, -0.2) is 9.69 Å². The van der Waals surface area contributed by atoms with E-state index in [4.69, 9.17) is 4.74 Å². The normalized spacial score (nSPS) is 23.9. The number of hydrogen-bond donors (Lipinski definition) is 1. The van der Waals surface area contributed by atoms with E-state index in [-0.39, 0.29) is 52.4 Å². The van der Waals surface area contributed by atoms with Crippen LogP contribution in [0.25, 0.3) is 0 Å². The van der Waals surface area contributed by atoms with Crippen LogP contribution >= 0.6 is 0 Å². The lowest BCUT2D eigenvalue weighted by Crippen LogP contribution is -2.33. The average molecular weight is 489 g/mol. The first-order valence-electron chi connectivity index (χ1n) is 11.5. The number of carbonyl (C=O) groups excluding carboxylic acids is 4. The second-order valence-electron chi connectivity index (χ2n) is 9.41. The van der Waals surface area contributed by atoms with Crippen LogP contribution in [-0.4, -0.2) is 35.2 Å². The molecule has 10 nitrogen and oxygen atoms in total. The molecular formula is C26H23N3O7. The number of nitrogens with zero attached hydrogens (tertiary/aromatic N) is 2. The topological polar surface area (TPSA) is 136 Å². The van der Waals surface area contributed by atoms with E-state index in [1.807, 2.05) is 6.92 Å². The Labute approximate surface area is 206 Å². The molecule has 1 heterocycles. The van der Waals surface area contributed by atoms with Crippen LogP contribution in [0.3, 0.4) is 0 Å². The molecule has 2 aromatic rings. The molecule has 0 spiro atoms. The number of anilines is 2. The molecule has 3 amide bonds. The Morgan fingerprint density at radius 2 is 1.86 bits per heavy atom. The summed E-state index contributed by atoms with van der Waals surface area (Å²) in [6.07, 6.45) is 2.92. The van der Waals surface area contributed by atoms with E-state index in [2.05, 4.69) is 11.4 Å². The molecule has 1 N–H and O–H groups in total.